The molecular weight excluding hydrogens is 494 g/mol. The molecule has 198 valence electrons. The largest absolute Gasteiger partial charge is 0.383 e. The average molecular weight is 524 g/mol. The van der Waals surface area contributed by atoms with Crippen LogP contribution in [0.3, 0.4) is 0 Å². The van der Waals surface area contributed by atoms with Crippen LogP contribution in [0.15, 0.2) is 64.3 Å². The molecular formula is C29H29N7O3. The van der Waals surface area contributed by atoms with Crippen LogP contribution in [0.5, 0.6) is 0 Å². The van der Waals surface area contributed by atoms with Crippen LogP contribution in [0.4, 0.5) is 5.69 Å². The summed E-state index contributed by atoms with van der Waals surface area (Å²) in [4.78, 5) is 24.1. The molecule has 0 aliphatic heterocycles. The van der Waals surface area contributed by atoms with Gasteiger partial charge in [0, 0.05) is 74.6 Å². The molecule has 1 aromatic carbocycles. The van der Waals surface area contributed by atoms with Gasteiger partial charge in [0.2, 0.25) is 0 Å². The number of hydrogen-bond donors (Lipinski definition) is 1. The van der Waals surface area contributed by atoms with Crippen LogP contribution in [0.2, 0.25) is 0 Å². The Balaban J connectivity index is 1.66. The van der Waals surface area contributed by atoms with Gasteiger partial charge in [-0.1, -0.05) is 17.3 Å². The van der Waals surface area contributed by atoms with E-state index in [1.165, 1.54) is 0 Å². The second-order valence-electron chi connectivity index (χ2n) is 9.77. The van der Waals surface area contributed by atoms with Crippen molar-refractivity contribution in [3.05, 3.63) is 71.0 Å². The van der Waals surface area contributed by atoms with E-state index in [0.717, 1.165) is 56.6 Å². The summed E-state index contributed by atoms with van der Waals surface area (Å²) in [6.45, 7) is 3.24. The number of methoxy groups -OCH3 is 1. The van der Waals surface area contributed by atoms with Crippen LogP contribution in [0.25, 0.3) is 55.6 Å². The van der Waals surface area contributed by atoms with E-state index in [2.05, 4.69) is 43.3 Å². The van der Waals surface area contributed by atoms with Crippen LogP contribution in [-0.4, -0.2) is 56.8 Å². The molecule has 0 spiro atoms. The molecule has 0 atom stereocenters. The third kappa shape index (κ3) is 4.18. The molecule has 0 aliphatic rings. The molecule has 0 amide bonds. The fourth-order valence-corrected chi connectivity index (χ4v) is 5.04. The molecule has 0 radical (unpaired) electrons. The molecule has 1 N–H and O–H groups in total. The van der Waals surface area contributed by atoms with E-state index in [-0.39, 0.29) is 5.56 Å². The molecule has 6 aromatic rings. The third-order valence-electron chi connectivity index (χ3n) is 7.14. The monoisotopic (exact) mass is 523 g/mol. The van der Waals surface area contributed by atoms with Gasteiger partial charge in [0.15, 0.2) is 5.76 Å². The molecule has 0 saturated carbocycles. The highest BCUT2D eigenvalue weighted by Crippen LogP contribution is 2.40. The highest BCUT2D eigenvalue weighted by atomic mass is 16.5. The number of pyridine rings is 2. The van der Waals surface area contributed by atoms with Crippen molar-refractivity contribution in [3.8, 4) is 33.7 Å². The van der Waals surface area contributed by atoms with E-state index in [4.69, 9.17) is 9.26 Å². The minimum atomic E-state index is -0.181. The van der Waals surface area contributed by atoms with Crippen LogP contribution in [0, 0.1) is 6.92 Å². The molecule has 5 heterocycles. The summed E-state index contributed by atoms with van der Waals surface area (Å²) in [7, 11) is 7.37. The van der Waals surface area contributed by atoms with Gasteiger partial charge in [-0.05, 0) is 30.7 Å². The standard InChI is InChI=1S/C29H29N7O3/c1-17-12-24(39-33-17)27-25(18-6-8-20(9-7-18)34(2)10-11-38-5)26-21-13-22(19-14-31-35(3)16-19)32-28(21)30-15-23(26)36(4)29(27)37/h6-9,12-16H,10-11H2,1-5H3,(H,30,32). The first-order chi connectivity index (χ1) is 18.9. The molecule has 0 fully saturated rings. The van der Waals surface area contributed by atoms with E-state index in [0.29, 0.717) is 23.6 Å². The quantitative estimate of drug-likeness (QED) is 0.328. The predicted octanol–water partition coefficient (Wildman–Crippen LogP) is 4.53. The summed E-state index contributed by atoms with van der Waals surface area (Å²) in [6.07, 6.45) is 5.50. The van der Waals surface area contributed by atoms with Crippen molar-refractivity contribution in [1.82, 2.24) is 29.5 Å². The van der Waals surface area contributed by atoms with Gasteiger partial charge in [-0.3, -0.25) is 9.48 Å². The number of hydrogen-bond acceptors (Lipinski definition) is 7. The molecule has 39 heavy (non-hydrogen) atoms. The highest BCUT2D eigenvalue weighted by Gasteiger charge is 2.24. The average Bonchev–Trinajstić information content (AvgIpc) is 3.68. The summed E-state index contributed by atoms with van der Waals surface area (Å²) in [5.74, 6) is 0.430. The molecule has 10 heteroatoms. The fourth-order valence-electron chi connectivity index (χ4n) is 5.04. The van der Waals surface area contributed by atoms with Gasteiger partial charge in [0.05, 0.1) is 41.5 Å². The van der Waals surface area contributed by atoms with E-state index in [9.17, 15) is 4.79 Å². The zero-order valence-corrected chi connectivity index (χ0v) is 22.5. The van der Waals surface area contributed by atoms with Crippen molar-refractivity contribution in [2.75, 3.05) is 32.2 Å². The number of benzene rings is 1. The van der Waals surface area contributed by atoms with E-state index in [1.54, 1.807) is 35.7 Å². The number of aryl methyl sites for hydroxylation is 3. The number of nitrogens with zero attached hydrogens (tertiary/aromatic N) is 6. The zero-order valence-electron chi connectivity index (χ0n) is 22.5. The van der Waals surface area contributed by atoms with Crippen molar-refractivity contribution in [2.45, 2.75) is 6.92 Å². The van der Waals surface area contributed by atoms with Gasteiger partial charge in [-0.25, -0.2) is 4.98 Å². The van der Waals surface area contributed by atoms with Gasteiger partial charge >= 0.3 is 0 Å². The second kappa shape index (κ2) is 9.55. The smallest absolute Gasteiger partial charge is 0.262 e. The number of ether oxygens (including phenoxy) is 1. The van der Waals surface area contributed by atoms with E-state index in [1.807, 2.05) is 45.5 Å². The SMILES string of the molecule is COCCN(C)c1ccc(-c2c(-c3cc(C)no3)c(=O)n(C)c3cnc4[nH]c(-c5cnn(C)c5)cc4c23)cc1. The van der Waals surface area contributed by atoms with Gasteiger partial charge in [0.25, 0.3) is 5.56 Å². The lowest BCUT2D eigenvalue weighted by atomic mass is 9.93. The molecule has 10 nitrogen and oxygen atoms in total. The first kappa shape index (κ1) is 24.6. The molecule has 0 unspecified atom stereocenters. The maximum atomic E-state index is 13.9. The van der Waals surface area contributed by atoms with Crippen molar-refractivity contribution < 1.29 is 9.26 Å². The van der Waals surface area contributed by atoms with Gasteiger partial charge in [-0.15, -0.1) is 0 Å². The Kier molecular flexibility index (Phi) is 6.03. The predicted molar refractivity (Wildman–Crippen MR) is 152 cm³/mol. The van der Waals surface area contributed by atoms with Gasteiger partial charge in [-0.2, -0.15) is 5.10 Å². The fraction of sp³-hybridized carbons (Fsp3) is 0.241. The number of rotatable bonds is 7. The highest BCUT2D eigenvalue weighted by molar-refractivity contribution is 6.15. The summed E-state index contributed by atoms with van der Waals surface area (Å²) >= 11 is 0. The summed E-state index contributed by atoms with van der Waals surface area (Å²) in [5, 5.41) is 10.2. The topological polar surface area (TPSA) is 107 Å². The molecule has 0 bridgehead atoms. The summed E-state index contributed by atoms with van der Waals surface area (Å²) < 4.78 is 14.3. The van der Waals surface area contributed by atoms with Crippen LogP contribution >= 0.6 is 0 Å². The van der Waals surface area contributed by atoms with Crippen LogP contribution in [0.1, 0.15) is 5.69 Å². The number of nitrogens with one attached hydrogen (secondary N) is 1. The van der Waals surface area contributed by atoms with Gasteiger partial charge in [0.1, 0.15) is 5.65 Å². The normalized spacial score (nSPS) is 11.6. The minimum Gasteiger partial charge on any atom is -0.383 e. The Morgan fingerprint density at radius 1 is 1.08 bits per heavy atom. The van der Waals surface area contributed by atoms with E-state index < -0.39 is 0 Å². The molecule has 6 rings (SSSR count). The molecule has 5 aromatic heterocycles. The Labute approximate surface area is 224 Å². The Morgan fingerprint density at radius 3 is 2.54 bits per heavy atom. The number of fused-ring (bicyclic) bond motifs is 3. The number of aromatic amines is 1. The number of anilines is 1. The lowest BCUT2D eigenvalue weighted by Gasteiger charge is -2.20. The van der Waals surface area contributed by atoms with Crippen molar-refractivity contribution >= 4 is 27.6 Å². The Morgan fingerprint density at radius 2 is 1.87 bits per heavy atom. The number of likely N-dealkylation sites (N-methyl/N-ethyl adjacent to an activating group) is 1. The zero-order chi connectivity index (χ0) is 27.3. The summed E-state index contributed by atoms with van der Waals surface area (Å²) in [6, 6.07) is 12.1. The first-order valence-electron chi connectivity index (χ1n) is 12.6. The summed E-state index contributed by atoms with van der Waals surface area (Å²) in [5.41, 5.74) is 6.98. The van der Waals surface area contributed by atoms with Crippen molar-refractivity contribution in [2.24, 2.45) is 14.1 Å². The maximum Gasteiger partial charge on any atom is 0.262 e. The number of H-pyrrole nitrogens is 1. The maximum absolute atomic E-state index is 13.9. The van der Waals surface area contributed by atoms with E-state index >= 15 is 0 Å². The van der Waals surface area contributed by atoms with Crippen LogP contribution in [-0.2, 0) is 18.8 Å². The van der Waals surface area contributed by atoms with Crippen molar-refractivity contribution in [1.29, 1.82) is 0 Å². The molecule has 0 saturated heterocycles. The van der Waals surface area contributed by atoms with Crippen LogP contribution < -0.4 is 10.5 Å². The lowest BCUT2D eigenvalue weighted by molar-refractivity contribution is 0.206. The Hall–Kier alpha value is -4.70. The first-order valence-corrected chi connectivity index (χ1v) is 12.6. The minimum absolute atomic E-state index is 0.181. The Bertz CT molecular complexity index is 1880. The third-order valence-corrected chi connectivity index (χ3v) is 7.14. The molecule has 0 aliphatic carbocycles. The second-order valence-corrected chi connectivity index (χ2v) is 9.77. The van der Waals surface area contributed by atoms with Crippen molar-refractivity contribution in [3.63, 3.8) is 0 Å². The number of aromatic nitrogens is 6. The van der Waals surface area contributed by atoms with Gasteiger partial charge < -0.3 is 23.7 Å². The lowest BCUT2D eigenvalue weighted by Crippen LogP contribution is -2.22.